The van der Waals surface area contributed by atoms with Gasteiger partial charge in [-0.05, 0) is 56.2 Å². The Hall–Kier alpha value is -2.08. The molecule has 2 rings (SSSR count). The molecule has 0 aliphatic rings. The lowest BCUT2D eigenvalue weighted by Crippen LogP contribution is -2.14. The Balaban J connectivity index is 2.18. The highest BCUT2D eigenvalue weighted by atomic mass is 32.2. The van der Waals surface area contributed by atoms with Gasteiger partial charge in [-0.15, -0.1) is 0 Å². The van der Waals surface area contributed by atoms with Crippen molar-refractivity contribution >= 4 is 15.8 Å². The molecular formula is C17H22N2O3S. The smallest absolute Gasteiger partial charge is 0.263 e. The largest absolute Gasteiger partial charge is 0.493 e. The molecule has 0 spiro atoms. The fourth-order valence-corrected chi connectivity index (χ4v) is 3.16. The first-order valence-corrected chi connectivity index (χ1v) is 9.10. The van der Waals surface area contributed by atoms with Gasteiger partial charge in [-0.1, -0.05) is 19.4 Å². The fraction of sp³-hybridized carbons (Fsp3) is 0.353. The number of unbranched alkanes of at least 4 members (excludes halogenated alkanes) is 1. The number of rotatable bonds is 7. The summed E-state index contributed by atoms with van der Waals surface area (Å²) in [6.07, 6.45) is 2.03. The van der Waals surface area contributed by atoms with Crippen LogP contribution in [0, 0.1) is 13.8 Å². The maximum Gasteiger partial charge on any atom is 0.263 e. The van der Waals surface area contributed by atoms with Crippen LogP contribution in [0.2, 0.25) is 0 Å². The molecule has 0 saturated heterocycles. The third-order valence-electron chi connectivity index (χ3n) is 3.34. The van der Waals surface area contributed by atoms with Crippen LogP contribution in [0.15, 0.2) is 41.3 Å². The lowest BCUT2D eigenvalue weighted by Gasteiger charge is -2.12. The summed E-state index contributed by atoms with van der Waals surface area (Å²) < 4.78 is 33.0. The molecule has 2 aromatic rings. The standard InChI is InChI=1S/C17H22N2O3S/c1-4-5-11-22-16-10-9-15(12-13(16)2)23(20,21)19-17-8-6-7-14(3)18-17/h6-10,12H,4-5,11H2,1-3H3,(H,18,19). The number of aryl methyl sites for hydroxylation is 2. The average molecular weight is 334 g/mol. The SMILES string of the molecule is CCCCOc1ccc(S(=O)(=O)Nc2cccc(C)n2)cc1C. The van der Waals surface area contributed by atoms with Gasteiger partial charge in [0, 0.05) is 5.69 Å². The summed E-state index contributed by atoms with van der Waals surface area (Å²) in [5, 5.41) is 0. The van der Waals surface area contributed by atoms with Gasteiger partial charge in [-0.2, -0.15) is 0 Å². The molecule has 0 bridgehead atoms. The van der Waals surface area contributed by atoms with E-state index in [0.29, 0.717) is 18.2 Å². The maximum absolute atomic E-state index is 12.4. The monoisotopic (exact) mass is 334 g/mol. The predicted octanol–water partition coefficient (Wildman–Crippen LogP) is 3.68. The van der Waals surface area contributed by atoms with Crippen molar-refractivity contribution in [1.29, 1.82) is 0 Å². The van der Waals surface area contributed by atoms with E-state index in [1.54, 1.807) is 30.3 Å². The fourth-order valence-electron chi connectivity index (χ4n) is 2.07. The first-order valence-electron chi connectivity index (χ1n) is 7.62. The predicted molar refractivity (Wildman–Crippen MR) is 91.4 cm³/mol. The number of anilines is 1. The van der Waals surface area contributed by atoms with E-state index in [1.807, 2.05) is 19.9 Å². The summed E-state index contributed by atoms with van der Waals surface area (Å²) in [5.41, 5.74) is 1.54. The minimum atomic E-state index is -3.66. The number of aromatic nitrogens is 1. The summed E-state index contributed by atoms with van der Waals surface area (Å²) >= 11 is 0. The molecule has 1 aromatic heterocycles. The van der Waals surface area contributed by atoms with Gasteiger partial charge in [0.05, 0.1) is 11.5 Å². The number of pyridine rings is 1. The Morgan fingerprint density at radius 2 is 1.96 bits per heavy atom. The topological polar surface area (TPSA) is 68.3 Å². The van der Waals surface area contributed by atoms with E-state index >= 15 is 0 Å². The summed E-state index contributed by atoms with van der Waals surface area (Å²) in [4.78, 5) is 4.35. The lowest BCUT2D eigenvalue weighted by atomic mass is 10.2. The zero-order chi connectivity index (χ0) is 16.9. The first kappa shape index (κ1) is 17.3. The van der Waals surface area contributed by atoms with Crippen LogP contribution in [0.4, 0.5) is 5.82 Å². The van der Waals surface area contributed by atoms with Crippen LogP contribution in [-0.4, -0.2) is 20.0 Å². The third-order valence-corrected chi connectivity index (χ3v) is 4.69. The van der Waals surface area contributed by atoms with Gasteiger partial charge in [0.2, 0.25) is 0 Å². The summed E-state index contributed by atoms with van der Waals surface area (Å²) in [6, 6.07) is 10.1. The molecule has 6 heteroatoms. The Bertz CT molecular complexity index is 773. The number of hydrogen-bond donors (Lipinski definition) is 1. The van der Waals surface area contributed by atoms with Gasteiger partial charge < -0.3 is 4.74 Å². The summed E-state index contributed by atoms with van der Waals surface area (Å²) in [5.74, 6) is 1.03. The molecular weight excluding hydrogens is 312 g/mol. The van der Waals surface area contributed by atoms with Crippen LogP contribution in [0.5, 0.6) is 5.75 Å². The molecule has 124 valence electrons. The average Bonchev–Trinajstić information content (AvgIpc) is 2.48. The molecule has 0 saturated carbocycles. The number of ether oxygens (including phenoxy) is 1. The van der Waals surface area contributed by atoms with Gasteiger partial charge in [0.1, 0.15) is 11.6 Å². The highest BCUT2D eigenvalue weighted by molar-refractivity contribution is 7.92. The lowest BCUT2D eigenvalue weighted by molar-refractivity contribution is 0.307. The molecule has 1 N–H and O–H groups in total. The molecule has 0 aliphatic heterocycles. The first-order chi connectivity index (χ1) is 10.9. The van der Waals surface area contributed by atoms with E-state index in [0.717, 1.165) is 24.1 Å². The van der Waals surface area contributed by atoms with Crippen molar-refractivity contribution in [2.24, 2.45) is 0 Å². The van der Waals surface area contributed by atoms with Gasteiger partial charge in [0.15, 0.2) is 0 Å². The number of sulfonamides is 1. The van der Waals surface area contributed by atoms with E-state index < -0.39 is 10.0 Å². The molecule has 1 heterocycles. The summed E-state index contributed by atoms with van der Waals surface area (Å²) in [7, 11) is -3.66. The second-order valence-corrected chi connectivity index (χ2v) is 7.08. The van der Waals surface area contributed by atoms with E-state index in [-0.39, 0.29) is 4.90 Å². The van der Waals surface area contributed by atoms with Gasteiger partial charge in [-0.25, -0.2) is 13.4 Å². The van der Waals surface area contributed by atoms with Gasteiger partial charge in [0.25, 0.3) is 10.0 Å². The molecule has 0 unspecified atom stereocenters. The van der Waals surface area contributed by atoms with E-state index in [4.69, 9.17) is 4.74 Å². The summed E-state index contributed by atoms with van der Waals surface area (Å²) in [6.45, 7) is 6.38. The second-order valence-electron chi connectivity index (χ2n) is 5.40. The Kier molecular flexibility index (Phi) is 5.60. The van der Waals surface area contributed by atoms with Crippen LogP contribution < -0.4 is 9.46 Å². The highest BCUT2D eigenvalue weighted by Crippen LogP contribution is 2.23. The minimum Gasteiger partial charge on any atom is -0.493 e. The number of nitrogens with one attached hydrogen (secondary N) is 1. The minimum absolute atomic E-state index is 0.196. The molecule has 0 radical (unpaired) electrons. The van der Waals surface area contributed by atoms with Gasteiger partial charge >= 0.3 is 0 Å². The molecule has 0 fully saturated rings. The molecule has 1 aromatic carbocycles. The van der Waals surface area contributed by atoms with E-state index in [1.165, 1.54) is 0 Å². The third kappa shape index (κ3) is 4.69. The quantitative estimate of drug-likeness (QED) is 0.784. The number of benzene rings is 1. The maximum atomic E-state index is 12.4. The van der Waals surface area contributed by atoms with Crippen LogP contribution in [-0.2, 0) is 10.0 Å². The number of hydrogen-bond acceptors (Lipinski definition) is 4. The van der Waals surface area contributed by atoms with Crippen LogP contribution >= 0.6 is 0 Å². The Labute approximate surface area is 137 Å². The normalized spacial score (nSPS) is 11.3. The number of nitrogens with zero attached hydrogens (tertiary/aromatic N) is 1. The zero-order valence-corrected chi connectivity index (χ0v) is 14.5. The van der Waals surface area contributed by atoms with Crippen molar-refractivity contribution in [1.82, 2.24) is 4.98 Å². The van der Waals surface area contributed by atoms with Crippen molar-refractivity contribution in [3.63, 3.8) is 0 Å². The Morgan fingerprint density at radius 3 is 2.61 bits per heavy atom. The molecule has 0 atom stereocenters. The van der Waals surface area contributed by atoms with Gasteiger partial charge in [-0.3, -0.25) is 4.72 Å². The van der Waals surface area contributed by atoms with Crippen LogP contribution in [0.1, 0.15) is 31.0 Å². The molecule has 0 amide bonds. The molecule has 0 aliphatic carbocycles. The second kappa shape index (κ2) is 7.46. The Morgan fingerprint density at radius 1 is 1.17 bits per heavy atom. The van der Waals surface area contributed by atoms with E-state index in [2.05, 4.69) is 16.6 Å². The van der Waals surface area contributed by atoms with Crippen molar-refractivity contribution in [3.05, 3.63) is 47.7 Å². The van der Waals surface area contributed by atoms with Crippen molar-refractivity contribution in [3.8, 4) is 5.75 Å². The van der Waals surface area contributed by atoms with E-state index in [9.17, 15) is 8.42 Å². The zero-order valence-electron chi connectivity index (χ0n) is 13.7. The van der Waals surface area contributed by atoms with Crippen LogP contribution in [0.25, 0.3) is 0 Å². The molecule has 23 heavy (non-hydrogen) atoms. The van der Waals surface area contributed by atoms with Crippen molar-refractivity contribution < 1.29 is 13.2 Å². The van der Waals surface area contributed by atoms with Crippen molar-refractivity contribution in [2.75, 3.05) is 11.3 Å². The molecule has 5 nitrogen and oxygen atoms in total. The van der Waals surface area contributed by atoms with Crippen LogP contribution in [0.3, 0.4) is 0 Å². The van der Waals surface area contributed by atoms with Crippen molar-refractivity contribution in [2.45, 2.75) is 38.5 Å². The highest BCUT2D eigenvalue weighted by Gasteiger charge is 2.16.